The molecule has 0 bridgehead atoms. The smallest absolute Gasteiger partial charge is 0.0983 e. The van der Waals surface area contributed by atoms with Crippen LogP contribution in [0.4, 0.5) is 0 Å². The number of aromatic nitrogens is 1. The Kier molecular flexibility index (Phi) is 2.96. The Morgan fingerprint density at radius 3 is 3.00 bits per heavy atom. The van der Waals surface area contributed by atoms with Gasteiger partial charge in [0.2, 0.25) is 0 Å². The lowest BCUT2D eigenvalue weighted by molar-refractivity contribution is 0.194. The monoisotopic (exact) mass is 238 g/mol. The maximum absolute atomic E-state index is 6.11. The van der Waals surface area contributed by atoms with Crippen LogP contribution in [0.3, 0.4) is 0 Å². The fourth-order valence-electron chi connectivity index (χ4n) is 2.74. The number of nitrogens with zero attached hydrogens (tertiary/aromatic N) is 1. The SMILES string of the molecule is NC1CCCC1c1csc(C2CCOC2)n1. The van der Waals surface area contributed by atoms with Crippen molar-refractivity contribution >= 4 is 11.3 Å². The van der Waals surface area contributed by atoms with Crippen molar-refractivity contribution in [3.8, 4) is 0 Å². The van der Waals surface area contributed by atoms with Crippen LogP contribution in [0, 0.1) is 0 Å². The minimum Gasteiger partial charge on any atom is -0.381 e. The van der Waals surface area contributed by atoms with Crippen molar-refractivity contribution < 1.29 is 4.74 Å². The molecule has 3 atom stereocenters. The summed E-state index contributed by atoms with van der Waals surface area (Å²) in [6.45, 7) is 1.74. The number of hydrogen-bond acceptors (Lipinski definition) is 4. The number of thiazole rings is 1. The first-order valence-electron chi connectivity index (χ1n) is 6.13. The molecule has 0 aromatic carbocycles. The third-order valence-corrected chi connectivity index (χ3v) is 4.79. The Morgan fingerprint density at radius 2 is 2.31 bits per heavy atom. The maximum Gasteiger partial charge on any atom is 0.0983 e. The molecule has 1 aromatic heterocycles. The molecule has 2 N–H and O–H groups in total. The quantitative estimate of drug-likeness (QED) is 0.859. The second-order valence-electron chi connectivity index (χ2n) is 4.87. The Morgan fingerprint density at radius 1 is 1.38 bits per heavy atom. The third kappa shape index (κ3) is 1.90. The predicted molar refractivity (Wildman–Crippen MR) is 64.9 cm³/mol. The zero-order valence-electron chi connectivity index (χ0n) is 9.39. The normalized spacial score (nSPS) is 34.7. The van der Waals surface area contributed by atoms with E-state index in [9.17, 15) is 0 Å². The summed E-state index contributed by atoms with van der Waals surface area (Å²) in [5.74, 6) is 1.05. The van der Waals surface area contributed by atoms with Crippen LogP contribution >= 0.6 is 11.3 Å². The van der Waals surface area contributed by atoms with Gasteiger partial charge in [-0.2, -0.15) is 0 Å². The molecule has 3 nitrogen and oxygen atoms in total. The highest BCUT2D eigenvalue weighted by Gasteiger charge is 2.29. The van der Waals surface area contributed by atoms with Gasteiger partial charge in [-0.15, -0.1) is 11.3 Å². The van der Waals surface area contributed by atoms with Crippen molar-refractivity contribution in [1.82, 2.24) is 4.98 Å². The molecule has 4 heteroatoms. The zero-order valence-corrected chi connectivity index (χ0v) is 10.2. The van der Waals surface area contributed by atoms with E-state index < -0.39 is 0 Å². The lowest BCUT2D eigenvalue weighted by atomic mass is 10.0. The van der Waals surface area contributed by atoms with Crippen molar-refractivity contribution in [2.24, 2.45) is 5.73 Å². The molecule has 0 amide bonds. The van der Waals surface area contributed by atoms with Crippen molar-refractivity contribution in [2.75, 3.05) is 13.2 Å². The van der Waals surface area contributed by atoms with Crippen LogP contribution in [0.25, 0.3) is 0 Å². The average Bonchev–Trinajstić information content (AvgIpc) is 2.96. The van der Waals surface area contributed by atoms with Crippen molar-refractivity contribution in [3.63, 3.8) is 0 Å². The summed E-state index contributed by atoms with van der Waals surface area (Å²) in [5, 5.41) is 3.47. The Bertz CT molecular complexity index is 360. The van der Waals surface area contributed by atoms with Crippen molar-refractivity contribution in [2.45, 2.75) is 43.6 Å². The van der Waals surface area contributed by atoms with Gasteiger partial charge in [0.05, 0.1) is 17.3 Å². The molecule has 2 fully saturated rings. The molecule has 1 aliphatic heterocycles. The van der Waals surface area contributed by atoms with E-state index in [0.29, 0.717) is 17.9 Å². The van der Waals surface area contributed by atoms with Gasteiger partial charge in [0, 0.05) is 29.9 Å². The Labute approximate surface area is 100 Å². The number of rotatable bonds is 2. The lowest BCUT2D eigenvalue weighted by Gasteiger charge is -2.12. The summed E-state index contributed by atoms with van der Waals surface area (Å²) >= 11 is 1.79. The molecule has 0 radical (unpaired) electrons. The highest BCUT2D eigenvalue weighted by molar-refractivity contribution is 7.09. The van der Waals surface area contributed by atoms with Crippen LogP contribution < -0.4 is 5.73 Å². The van der Waals surface area contributed by atoms with Gasteiger partial charge in [0.15, 0.2) is 0 Å². The lowest BCUT2D eigenvalue weighted by Crippen LogP contribution is -2.22. The minimum absolute atomic E-state index is 0.328. The van der Waals surface area contributed by atoms with Gasteiger partial charge in [-0.05, 0) is 19.3 Å². The van der Waals surface area contributed by atoms with Gasteiger partial charge < -0.3 is 10.5 Å². The van der Waals surface area contributed by atoms with Crippen LogP contribution in [-0.2, 0) is 4.74 Å². The Hall–Kier alpha value is -0.450. The van der Waals surface area contributed by atoms with Gasteiger partial charge in [-0.1, -0.05) is 6.42 Å². The molecule has 88 valence electrons. The minimum atomic E-state index is 0.328. The number of hydrogen-bond donors (Lipinski definition) is 1. The summed E-state index contributed by atoms with van der Waals surface area (Å²) in [6, 6.07) is 0.328. The van der Waals surface area contributed by atoms with E-state index in [1.54, 1.807) is 11.3 Å². The van der Waals surface area contributed by atoms with Crippen molar-refractivity contribution in [1.29, 1.82) is 0 Å². The summed E-state index contributed by atoms with van der Waals surface area (Å²) < 4.78 is 5.41. The van der Waals surface area contributed by atoms with Gasteiger partial charge in [0.1, 0.15) is 0 Å². The first-order valence-corrected chi connectivity index (χ1v) is 7.01. The summed E-state index contributed by atoms with van der Waals surface area (Å²) in [7, 11) is 0. The van der Waals surface area contributed by atoms with Crippen LogP contribution in [0.5, 0.6) is 0 Å². The van der Waals surface area contributed by atoms with Crippen LogP contribution in [-0.4, -0.2) is 24.2 Å². The largest absolute Gasteiger partial charge is 0.381 e. The maximum atomic E-state index is 6.11. The molecule has 3 rings (SSSR count). The topological polar surface area (TPSA) is 48.1 Å². The third-order valence-electron chi connectivity index (χ3n) is 3.77. The highest BCUT2D eigenvalue weighted by atomic mass is 32.1. The van der Waals surface area contributed by atoms with Crippen LogP contribution in [0.15, 0.2) is 5.38 Å². The molecule has 0 spiro atoms. The summed E-state index contributed by atoms with van der Waals surface area (Å²) in [5.41, 5.74) is 7.35. The molecule has 1 aromatic rings. The molecule has 1 aliphatic carbocycles. The van der Waals surface area contributed by atoms with Crippen LogP contribution in [0.1, 0.15) is 48.2 Å². The van der Waals surface area contributed by atoms with Gasteiger partial charge in [0.25, 0.3) is 0 Å². The first-order chi connectivity index (χ1) is 7.84. The molecule has 2 aliphatic rings. The number of ether oxygens (including phenoxy) is 1. The summed E-state index contributed by atoms with van der Waals surface area (Å²) in [4.78, 5) is 4.78. The fraction of sp³-hybridized carbons (Fsp3) is 0.750. The molecule has 3 unspecified atom stereocenters. The van der Waals surface area contributed by atoms with Gasteiger partial charge in [-0.25, -0.2) is 4.98 Å². The molecule has 16 heavy (non-hydrogen) atoms. The van der Waals surface area contributed by atoms with E-state index in [1.165, 1.54) is 23.5 Å². The second kappa shape index (κ2) is 4.43. The molecular weight excluding hydrogens is 220 g/mol. The van der Waals surface area contributed by atoms with E-state index in [-0.39, 0.29) is 0 Å². The summed E-state index contributed by atoms with van der Waals surface area (Å²) in [6.07, 6.45) is 4.75. The molecule has 1 saturated heterocycles. The van der Waals surface area contributed by atoms with E-state index in [0.717, 1.165) is 26.1 Å². The number of nitrogens with two attached hydrogens (primary N) is 1. The molecular formula is C12H18N2OS. The second-order valence-corrected chi connectivity index (χ2v) is 5.76. The molecule has 2 heterocycles. The van der Waals surface area contributed by atoms with E-state index >= 15 is 0 Å². The zero-order chi connectivity index (χ0) is 11.0. The first kappa shape index (κ1) is 10.7. The van der Waals surface area contributed by atoms with E-state index in [2.05, 4.69) is 5.38 Å². The standard InChI is InChI=1S/C12H18N2OS/c13-10-3-1-2-9(10)11-7-16-12(14-11)8-4-5-15-6-8/h7-10H,1-6,13H2. The average molecular weight is 238 g/mol. The van der Waals surface area contributed by atoms with Crippen molar-refractivity contribution in [3.05, 3.63) is 16.1 Å². The Balaban J connectivity index is 1.76. The predicted octanol–water partition coefficient (Wildman–Crippen LogP) is 2.24. The fourth-order valence-corrected chi connectivity index (χ4v) is 3.75. The van der Waals surface area contributed by atoms with E-state index in [4.69, 9.17) is 15.5 Å². The van der Waals surface area contributed by atoms with Crippen LogP contribution in [0.2, 0.25) is 0 Å². The highest BCUT2D eigenvalue weighted by Crippen LogP contribution is 2.36. The van der Waals surface area contributed by atoms with E-state index in [1.807, 2.05) is 0 Å². The van der Waals surface area contributed by atoms with Gasteiger partial charge >= 0.3 is 0 Å². The van der Waals surface area contributed by atoms with Gasteiger partial charge in [-0.3, -0.25) is 0 Å². The molecule has 1 saturated carbocycles.